The van der Waals surface area contributed by atoms with Gasteiger partial charge in [-0.2, -0.15) is 0 Å². The molecule has 0 bridgehead atoms. The number of quaternary nitrogens is 1. The van der Waals surface area contributed by atoms with Crippen molar-refractivity contribution in [3.8, 4) is 0 Å². The van der Waals surface area contributed by atoms with Gasteiger partial charge in [-0.05, 0) is 89.9 Å². The summed E-state index contributed by atoms with van der Waals surface area (Å²) in [5.74, 6) is -2.28. The summed E-state index contributed by atoms with van der Waals surface area (Å²) in [5, 5.41) is 11.8. The van der Waals surface area contributed by atoms with Crippen molar-refractivity contribution in [3.05, 3.63) is 85.1 Å². The molecule has 0 fully saturated rings. The molecule has 78 heavy (non-hydrogen) atoms. The van der Waals surface area contributed by atoms with Gasteiger partial charge in [0.1, 0.15) is 13.2 Å². The summed E-state index contributed by atoms with van der Waals surface area (Å²) >= 11 is 0. The lowest BCUT2D eigenvalue weighted by Crippen LogP contribution is -2.44. The van der Waals surface area contributed by atoms with Crippen molar-refractivity contribution in [2.24, 2.45) is 0 Å². The molecule has 0 radical (unpaired) electrons. The molecule has 450 valence electrons. The molecule has 0 aromatic heterocycles. The van der Waals surface area contributed by atoms with E-state index < -0.39 is 24.3 Å². The van der Waals surface area contributed by atoms with Crippen molar-refractivity contribution in [2.75, 3.05) is 47.5 Å². The molecule has 0 saturated carbocycles. The highest BCUT2D eigenvalue weighted by atomic mass is 16.7. The molecular weight excluding hydrogens is 971 g/mol. The number of allylic oxidation sites excluding steroid dienone is 14. The summed E-state index contributed by atoms with van der Waals surface area (Å²) in [7, 11) is 5.92. The smallest absolute Gasteiger partial charge is 0.306 e. The van der Waals surface area contributed by atoms with Gasteiger partial charge in [-0.1, -0.05) is 259 Å². The molecule has 0 aliphatic carbocycles. The van der Waals surface area contributed by atoms with E-state index in [2.05, 4.69) is 98.9 Å². The lowest BCUT2D eigenvalue weighted by molar-refractivity contribution is -0.870. The third-order valence-corrected chi connectivity index (χ3v) is 13.9. The molecule has 9 heteroatoms. The van der Waals surface area contributed by atoms with Crippen LogP contribution in [-0.2, 0) is 33.3 Å². The van der Waals surface area contributed by atoms with Crippen LogP contribution in [0, 0.1) is 0 Å². The normalized spacial score (nSPS) is 13.3. The Morgan fingerprint density at radius 2 is 0.731 bits per heavy atom. The van der Waals surface area contributed by atoms with E-state index in [1.165, 1.54) is 154 Å². The highest BCUT2D eigenvalue weighted by Crippen LogP contribution is 2.17. The lowest BCUT2D eigenvalue weighted by atomic mass is 10.0. The monoisotopic (exact) mass is 1090 g/mol. The molecule has 0 amide bonds. The van der Waals surface area contributed by atoms with E-state index in [9.17, 15) is 19.5 Å². The second kappa shape index (κ2) is 59.6. The number of hydrogen-bond donors (Lipinski definition) is 0. The third-order valence-electron chi connectivity index (χ3n) is 13.9. The number of nitrogens with zero attached hydrogens (tertiary/aromatic N) is 1. The van der Waals surface area contributed by atoms with Crippen LogP contribution in [0.2, 0.25) is 0 Å². The van der Waals surface area contributed by atoms with E-state index >= 15 is 0 Å². The summed E-state index contributed by atoms with van der Waals surface area (Å²) in [6.07, 6.45) is 76.6. The summed E-state index contributed by atoms with van der Waals surface area (Å²) < 4.78 is 22.7. The minimum atomic E-state index is -1.62. The summed E-state index contributed by atoms with van der Waals surface area (Å²) in [5.41, 5.74) is 0. The molecule has 0 aromatic rings. The van der Waals surface area contributed by atoms with Crippen molar-refractivity contribution >= 4 is 17.9 Å². The second-order valence-electron chi connectivity index (χ2n) is 22.7. The average Bonchev–Trinajstić information content (AvgIpc) is 3.41. The largest absolute Gasteiger partial charge is 0.545 e. The molecule has 0 rings (SSSR count). The quantitative estimate of drug-likeness (QED) is 0.0195. The zero-order chi connectivity index (χ0) is 56.9. The van der Waals surface area contributed by atoms with Gasteiger partial charge in [-0.15, -0.1) is 0 Å². The molecule has 2 atom stereocenters. The first-order valence-electron chi connectivity index (χ1n) is 32.2. The summed E-state index contributed by atoms with van der Waals surface area (Å²) in [4.78, 5) is 37.3. The molecule has 0 spiro atoms. The minimum Gasteiger partial charge on any atom is -0.545 e. The van der Waals surface area contributed by atoms with Crippen LogP contribution >= 0.6 is 0 Å². The fourth-order valence-corrected chi connectivity index (χ4v) is 8.95. The van der Waals surface area contributed by atoms with Crippen molar-refractivity contribution < 1.29 is 42.9 Å². The molecule has 2 unspecified atom stereocenters. The first-order valence-corrected chi connectivity index (χ1v) is 32.2. The van der Waals surface area contributed by atoms with Crippen molar-refractivity contribution in [3.63, 3.8) is 0 Å². The maximum absolute atomic E-state index is 12.9. The summed E-state index contributed by atoms with van der Waals surface area (Å²) in [6.45, 7) is 4.64. The van der Waals surface area contributed by atoms with Crippen LogP contribution in [0.25, 0.3) is 0 Å². The van der Waals surface area contributed by atoms with E-state index in [1.54, 1.807) is 0 Å². The van der Waals surface area contributed by atoms with E-state index in [4.69, 9.17) is 18.9 Å². The predicted octanol–water partition coefficient (Wildman–Crippen LogP) is 18.2. The van der Waals surface area contributed by atoms with Crippen LogP contribution in [0.4, 0.5) is 0 Å². The number of esters is 2. The van der Waals surface area contributed by atoms with Gasteiger partial charge >= 0.3 is 11.9 Å². The van der Waals surface area contributed by atoms with Gasteiger partial charge in [0.05, 0.1) is 40.3 Å². The number of aliphatic carboxylic acids is 1. The number of carboxylic acids is 1. The Balaban J connectivity index is 4.06. The van der Waals surface area contributed by atoms with Crippen LogP contribution in [-0.4, -0.2) is 82.3 Å². The zero-order valence-corrected chi connectivity index (χ0v) is 51.3. The topological polar surface area (TPSA) is 111 Å². The van der Waals surface area contributed by atoms with Crippen molar-refractivity contribution in [2.45, 2.75) is 289 Å². The molecule has 0 saturated heterocycles. The number of carbonyl (C=O) groups excluding carboxylic acids is 3. The predicted molar refractivity (Wildman–Crippen MR) is 329 cm³/mol. The van der Waals surface area contributed by atoms with Gasteiger partial charge < -0.3 is 33.3 Å². The van der Waals surface area contributed by atoms with Crippen LogP contribution in [0.15, 0.2) is 85.1 Å². The van der Waals surface area contributed by atoms with Crippen molar-refractivity contribution in [1.82, 2.24) is 0 Å². The number of carbonyl (C=O) groups is 3. The standard InChI is InChI=1S/C69H121NO8/c1-6-8-10-12-14-16-18-20-22-24-25-26-27-28-29-30-31-32-33-34-35-36-37-38-39-40-41-42-43-44-46-48-50-52-54-56-58-60-67(72)78-65(64-77-69(68(73)74)75-62-61-70(3,4)5)63-76-66(71)59-57-55-53-51-49-47-45-23-21-19-17-15-13-11-9-7-2/h8,10,14,16,20,22-23,25-26,28-29,31-32,45,65,69H,6-7,9,11-13,15,17-19,21,24,27,30,33-44,46-64H2,1-5H3/b10-8-,16-14-,22-20-,26-25-,29-28-,32-31-,45-23-. The Bertz CT molecular complexity index is 1550. The zero-order valence-electron chi connectivity index (χ0n) is 51.3. The van der Waals surface area contributed by atoms with E-state index in [0.29, 0.717) is 17.4 Å². The Morgan fingerprint density at radius 1 is 0.397 bits per heavy atom. The van der Waals surface area contributed by atoms with E-state index in [-0.39, 0.29) is 38.6 Å². The van der Waals surface area contributed by atoms with Gasteiger partial charge in [0.25, 0.3) is 0 Å². The molecule has 0 heterocycles. The highest BCUT2D eigenvalue weighted by molar-refractivity contribution is 5.70. The van der Waals surface area contributed by atoms with E-state index in [1.807, 2.05) is 21.1 Å². The van der Waals surface area contributed by atoms with Gasteiger partial charge in [-0.3, -0.25) is 9.59 Å². The first kappa shape index (κ1) is 74.5. The fraction of sp³-hybridized carbons (Fsp3) is 0.754. The van der Waals surface area contributed by atoms with Crippen LogP contribution in [0.5, 0.6) is 0 Å². The van der Waals surface area contributed by atoms with Crippen LogP contribution in [0.1, 0.15) is 277 Å². The Labute approximate surface area is 480 Å². The number of hydrogen-bond acceptors (Lipinski definition) is 8. The molecule has 9 nitrogen and oxygen atoms in total. The highest BCUT2D eigenvalue weighted by Gasteiger charge is 2.22. The second-order valence-corrected chi connectivity index (χ2v) is 22.7. The molecule has 0 aliphatic rings. The number of likely N-dealkylation sites (N-methyl/N-ethyl adjacent to an activating group) is 1. The Kier molecular flexibility index (Phi) is 56.9. The Morgan fingerprint density at radius 3 is 1.10 bits per heavy atom. The Hall–Kier alpha value is -3.53. The number of carboxylic acid groups (broad SMARTS) is 1. The fourth-order valence-electron chi connectivity index (χ4n) is 8.95. The van der Waals surface area contributed by atoms with Crippen molar-refractivity contribution in [1.29, 1.82) is 0 Å². The summed E-state index contributed by atoms with van der Waals surface area (Å²) in [6, 6.07) is 0. The number of rotatable bonds is 59. The first-order chi connectivity index (χ1) is 38.1. The number of unbranched alkanes of at least 4 members (excludes halogenated alkanes) is 30. The minimum absolute atomic E-state index is 0.146. The van der Waals surface area contributed by atoms with Crippen LogP contribution < -0.4 is 5.11 Å². The molecular formula is C69H121NO8. The van der Waals surface area contributed by atoms with Gasteiger partial charge in [0.15, 0.2) is 12.4 Å². The van der Waals surface area contributed by atoms with Gasteiger partial charge in [0.2, 0.25) is 0 Å². The molecule has 0 N–H and O–H groups in total. The average molecular weight is 1090 g/mol. The van der Waals surface area contributed by atoms with Crippen LogP contribution in [0.3, 0.4) is 0 Å². The van der Waals surface area contributed by atoms with Gasteiger partial charge in [-0.25, -0.2) is 0 Å². The maximum atomic E-state index is 12.9. The number of ether oxygens (including phenoxy) is 4. The SMILES string of the molecule is CC/C=C\C/C=C\C/C=C\C/C=C\C/C=C\C/C=C\CCCCCCCCCCCCCCCCCCCCC(=O)OC(COC(=O)CCCCCCC/C=C\CCCCCCCCC)COC(OCC[N+](C)(C)C)C(=O)[O-]. The third kappa shape index (κ3) is 60.1. The lowest BCUT2D eigenvalue weighted by Gasteiger charge is -2.26. The molecule has 0 aliphatic heterocycles. The van der Waals surface area contributed by atoms with E-state index in [0.717, 1.165) is 89.9 Å². The van der Waals surface area contributed by atoms with Gasteiger partial charge in [0, 0.05) is 12.8 Å². The molecule has 0 aromatic carbocycles. The maximum Gasteiger partial charge on any atom is 0.306 e.